The molecule has 0 N–H and O–H groups in total. The van der Waals surface area contributed by atoms with Crippen LogP contribution >= 0.6 is 0 Å². The third-order valence-corrected chi connectivity index (χ3v) is 12.5. The molecule has 0 unspecified atom stereocenters. The van der Waals surface area contributed by atoms with Crippen LogP contribution in [-0.2, 0) is 0 Å². The maximum atomic E-state index is 6.42. The molecule has 0 spiro atoms. The Hall–Kier alpha value is -8.40. The van der Waals surface area contributed by atoms with Gasteiger partial charge in [0.05, 0.1) is 11.0 Å². The van der Waals surface area contributed by atoms with Crippen molar-refractivity contribution < 1.29 is 10.3 Å². The van der Waals surface area contributed by atoms with Crippen molar-refractivity contribution in [3.63, 3.8) is 0 Å². The zero-order valence-electron chi connectivity index (χ0n) is 35.2. The molecule has 0 aliphatic heterocycles. The zero-order chi connectivity index (χ0) is 42.6. The van der Waals surface area contributed by atoms with Crippen LogP contribution in [0.25, 0.3) is 116 Å². The first-order valence-electron chi connectivity index (χ1n) is 21.8. The normalized spacial score (nSPS) is 11.5. The Labute approximate surface area is 372 Å². The highest BCUT2D eigenvalue weighted by molar-refractivity contribution is 6.12. The van der Waals surface area contributed by atoms with E-state index in [1.54, 1.807) is 0 Å². The van der Waals surface area contributed by atoms with Crippen molar-refractivity contribution in [2.75, 3.05) is 0 Å². The first-order valence-corrected chi connectivity index (χ1v) is 21.8. The van der Waals surface area contributed by atoms with E-state index in [9.17, 15) is 0 Å². The maximum absolute atomic E-state index is 6.42. The second kappa shape index (κ2) is 15.5. The molecule has 13 aromatic rings. The van der Waals surface area contributed by atoms with E-state index in [0.29, 0.717) is 0 Å². The summed E-state index contributed by atoms with van der Waals surface area (Å²) in [4.78, 5) is 0. The van der Waals surface area contributed by atoms with Crippen molar-refractivity contribution in [2.24, 2.45) is 0 Å². The molecule has 0 atom stereocenters. The maximum Gasteiger partial charge on any atom is 0.135 e. The van der Waals surface area contributed by atoms with Gasteiger partial charge >= 0.3 is 0 Å². The number of benzene rings is 10. The minimum atomic E-state index is 0. The van der Waals surface area contributed by atoms with Crippen molar-refractivity contribution in [1.29, 1.82) is 0 Å². The lowest BCUT2D eigenvalue weighted by molar-refractivity contribution is 0.668. The van der Waals surface area contributed by atoms with Crippen molar-refractivity contribution in [1.82, 2.24) is 4.57 Å². The number of nitrogens with zero attached hydrogens (tertiary/aromatic N) is 1. The molecule has 64 heavy (non-hydrogen) atoms. The van der Waals surface area contributed by atoms with Gasteiger partial charge in [0.2, 0.25) is 0 Å². The van der Waals surface area contributed by atoms with Crippen molar-refractivity contribution >= 4 is 65.7 Å². The standard InChI is InChI=1S/C54H33NO2.C7H8.H2/c1-3-10-34(11-4-1)37-19-24-49-45(29-37)43-23-18-41(33-50(43)55(49)42-14-5-2-6-15-42)40-22-27-54-48(32-40)47-31-39(21-26-53(47)57-54)36-13-9-12-35(28-36)38-20-25-52-46(30-38)44-16-7-8-17-51(44)56-52;1-7-5-3-2-4-6-7;/h1-33H;2-6H,1H3;1H. The Morgan fingerprint density at radius 2 is 0.719 bits per heavy atom. The van der Waals surface area contributed by atoms with Gasteiger partial charge in [0, 0.05) is 39.4 Å². The predicted octanol–water partition coefficient (Wildman–Crippen LogP) is 17.5. The van der Waals surface area contributed by atoms with E-state index in [1.807, 2.05) is 30.3 Å². The van der Waals surface area contributed by atoms with E-state index in [-0.39, 0.29) is 1.43 Å². The SMILES string of the molecule is Cc1ccccc1.[HH].c1ccc(-c2ccc3c(c2)c2ccc(-c4ccc5oc6ccc(-c7cccc(-c8ccc9oc%10ccccc%10c9c8)c7)cc6c5c4)cc2n3-c2ccccc2)cc1. The molecule has 304 valence electrons. The molecular weight excluding hydrogens is 779 g/mol. The van der Waals surface area contributed by atoms with Gasteiger partial charge < -0.3 is 13.4 Å². The van der Waals surface area contributed by atoms with E-state index in [4.69, 9.17) is 8.83 Å². The number of aryl methyl sites for hydroxylation is 1. The number of furan rings is 2. The molecule has 0 saturated carbocycles. The van der Waals surface area contributed by atoms with Crippen molar-refractivity contribution in [3.05, 3.63) is 236 Å². The Kier molecular flexibility index (Phi) is 9.05. The predicted molar refractivity (Wildman–Crippen MR) is 270 cm³/mol. The van der Waals surface area contributed by atoms with Gasteiger partial charge in [-0.1, -0.05) is 157 Å². The van der Waals surface area contributed by atoms with Gasteiger partial charge in [0.15, 0.2) is 0 Å². The van der Waals surface area contributed by atoms with E-state index >= 15 is 0 Å². The number of fused-ring (bicyclic) bond motifs is 9. The molecule has 0 saturated heterocycles. The highest BCUT2D eigenvalue weighted by Gasteiger charge is 2.17. The van der Waals surface area contributed by atoms with Gasteiger partial charge in [-0.05, 0) is 130 Å². The first kappa shape index (κ1) is 37.4. The summed E-state index contributed by atoms with van der Waals surface area (Å²) in [6.45, 7) is 2.08. The summed E-state index contributed by atoms with van der Waals surface area (Å²) in [6, 6.07) is 81.9. The Morgan fingerprint density at radius 1 is 0.281 bits per heavy atom. The van der Waals surface area contributed by atoms with Crippen LogP contribution in [0.2, 0.25) is 0 Å². The third-order valence-electron chi connectivity index (χ3n) is 12.5. The number of hydrogen-bond donors (Lipinski definition) is 0. The van der Waals surface area contributed by atoms with Crippen LogP contribution in [0.3, 0.4) is 0 Å². The smallest absolute Gasteiger partial charge is 0.135 e. The van der Waals surface area contributed by atoms with Crippen LogP contribution in [0.15, 0.2) is 239 Å². The average molecular weight is 822 g/mol. The molecule has 0 fully saturated rings. The molecule has 0 radical (unpaired) electrons. The summed E-state index contributed by atoms with van der Waals surface area (Å²) < 4.78 is 14.9. The summed E-state index contributed by atoms with van der Waals surface area (Å²) in [5.74, 6) is 0. The van der Waals surface area contributed by atoms with Gasteiger partial charge in [0.25, 0.3) is 0 Å². The molecular formula is C61H43NO2. The van der Waals surface area contributed by atoms with Crippen LogP contribution in [0, 0.1) is 6.92 Å². The zero-order valence-corrected chi connectivity index (χ0v) is 35.2. The van der Waals surface area contributed by atoms with Gasteiger partial charge in [0.1, 0.15) is 22.3 Å². The van der Waals surface area contributed by atoms with Crippen LogP contribution in [0.5, 0.6) is 0 Å². The first-order chi connectivity index (χ1) is 31.6. The number of para-hydroxylation sites is 2. The lowest BCUT2D eigenvalue weighted by atomic mass is 9.96. The fourth-order valence-corrected chi connectivity index (χ4v) is 9.32. The summed E-state index contributed by atoms with van der Waals surface area (Å²) in [5, 5.41) is 6.95. The lowest BCUT2D eigenvalue weighted by Gasteiger charge is -2.09. The van der Waals surface area contributed by atoms with Gasteiger partial charge in [-0.25, -0.2) is 0 Å². The van der Waals surface area contributed by atoms with E-state index in [0.717, 1.165) is 77.4 Å². The van der Waals surface area contributed by atoms with Crippen LogP contribution < -0.4 is 0 Å². The Bertz CT molecular complexity index is 3840. The third kappa shape index (κ3) is 6.63. The van der Waals surface area contributed by atoms with Crippen molar-refractivity contribution in [3.8, 4) is 50.2 Å². The minimum absolute atomic E-state index is 0. The van der Waals surface area contributed by atoms with Gasteiger partial charge in [-0.15, -0.1) is 0 Å². The summed E-state index contributed by atoms with van der Waals surface area (Å²) in [5.41, 5.74) is 17.8. The molecule has 3 nitrogen and oxygen atoms in total. The fraction of sp³-hybridized carbons (Fsp3) is 0.0164. The average Bonchev–Trinajstić information content (AvgIpc) is 4.03. The summed E-state index contributed by atoms with van der Waals surface area (Å²) >= 11 is 0. The number of aromatic nitrogens is 1. The molecule has 3 heteroatoms. The highest BCUT2D eigenvalue weighted by Crippen LogP contribution is 2.40. The van der Waals surface area contributed by atoms with Gasteiger partial charge in [-0.2, -0.15) is 0 Å². The van der Waals surface area contributed by atoms with Crippen molar-refractivity contribution in [2.45, 2.75) is 6.92 Å². The number of hydrogen-bond acceptors (Lipinski definition) is 2. The fourth-order valence-electron chi connectivity index (χ4n) is 9.32. The van der Waals surface area contributed by atoms with Gasteiger partial charge in [-0.3, -0.25) is 0 Å². The monoisotopic (exact) mass is 821 g/mol. The van der Waals surface area contributed by atoms with Crippen LogP contribution in [-0.4, -0.2) is 4.57 Å². The second-order valence-electron chi connectivity index (χ2n) is 16.6. The van der Waals surface area contributed by atoms with E-state index < -0.39 is 0 Å². The molecule has 3 aromatic heterocycles. The largest absolute Gasteiger partial charge is 0.456 e. The van der Waals surface area contributed by atoms with Crippen LogP contribution in [0.4, 0.5) is 0 Å². The minimum Gasteiger partial charge on any atom is -0.456 e. The molecule has 0 aliphatic carbocycles. The molecule has 10 aromatic carbocycles. The summed E-state index contributed by atoms with van der Waals surface area (Å²) in [6.07, 6.45) is 0. The molecule has 3 heterocycles. The Morgan fingerprint density at radius 3 is 1.33 bits per heavy atom. The summed E-state index contributed by atoms with van der Waals surface area (Å²) in [7, 11) is 0. The Balaban J connectivity index is 0.000000539. The van der Waals surface area contributed by atoms with Crippen LogP contribution in [0.1, 0.15) is 6.99 Å². The lowest BCUT2D eigenvalue weighted by Crippen LogP contribution is -1.93. The molecule has 0 aliphatic rings. The quantitative estimate of drug-likeness (QED) is 0.173. The molecule has 0 amide bonds. The van der Waals surface area contributed by atoms with E-state index in [1.165, 1.54) is 44.1 Å². The molecule has 13 rings (SSSR count). The second-order valence-corrected chi connectivity index (χ2v) is 16.6. The molecule has 0 bridgehead atoms. The topological polar surface area (TPSA) is 31.2 Å². The number of rotatable bonds is 5. The van der Waals surface area contributed by atoms with E-state index in [2.05, 4.69) is 212 Å². The highest BCUT2D eigenvalue weighted by atomic mass is 16.3.